The van der Waals surface area contributed by atoms with Crippen molar-refractivity contribution in [1.29, 1.82) is 0 Å². The maximum absolute atomic E-state index is 4.77. The molecule has 0 spiro atoms. The predicted molar refractivity (Wildman–Crippen MR) is 70.8 cm³/mol. The quantitative estimate of drug-likeness (QED) is 0.264. The first-order valence-corrected chi connectivity index (χ1v) is 7.55. The third-order valence-electron chi connectivity index (χ3n) is 3.20. The maximum Gasteiger partial charge on any atom is -1.00 e. The van der Waals surface area contributed by atoms with Crippen molar-refractivity contribution >= 4 is 34.2 Å². The van der Waals surface area contributed by atoms with Crippen LogP contribution in [0.4, 0.5) is 0 Å². The molecule has 2 aliphatic rings. The average Bonchev–Trinajstić information content (AvgIpc) is 2.57. The molecule has 1 nitrogen and oxygen atoms in total. The zero-order valence-electron chi connectivity index (χ0n) is 10.8. The van der Waals surface area contributed by atoms with Crippen LogP contribution in [0.25, 0.3) is 18.2 Å². The first kappa shape index (κ1) is 20.6. The van der Waals surface area contributed by atoms with Crippen molar-refractivity contribution in [2.24, 2.45) is 4.99 Å². The molecule has 1 atom stereocenters. The number of nitrogens with zero attached hydrogens (tertiary/aromatic N) is 1. The van der Waals surface area contributed by atoms with Crippen LogP contribution in [-0.2, 0) is 24.7 Å². The van der Waals surface area contributed by atoms with Gasteiger partial charge in [0.25, 0.3) is 0 Å². The van der Waals surface area contributed by atoms with Gasteiger partial charge >= 0.3 is 125 Å². The Hall–Kier alpha value is 0.603. The SMILES string of the molecule is CC1=Cc2cc3c(c(C)c2=C1)C=C[C](Br)([Zr+3])N=3.[Cl-].[Cl-].[Cl-]. The molecule has 0 saturated carbocycles. The Bertz CT molecular complexity index is 708. The average molecular weight is 471 g/mol. The van der Waals surface area contributed by atoms with Crippen molar-refractivity contribution in [3.8, 4) is 0 Å². The van der Waals surface area contributed by atoms with Gasteiger partial charge in [0.15, 0.2) is 0 Å². The van der Waals surface area contributed by atoms with Crippen molar-refractivity contribution in [3.63, 3.8) is 0 Å². The summed E-state index contributed by atoms with van der Waals surface area (Å²) in [7, 11) is 0. The number of benzene rings is 1. The van der Waals surface area contributed by atoms with Gasteiger partial charge < -0.3 is 37.2 Å². The van der Waals surface area contributed by atoms with Gasteiger partial charge in [-0.1, -0.05) is 0 Å². The molecule has 1 aromatic carbocycles. The van der Waals surface area contributed by atoms with Crippen LogP contribution >= 0.6 is 15.9 Å². The number of hydrogen-bond donors (Lipinski definition) is 0. The Morgan fingerprint density at radius 1 is 1.15 bits per heavy atom. The zero-order chi connectivity index (χ0) is 12.2. The molecule has 0 bridgehead atoms. The van der Waals surface area contributed by atoms with Crippen molar-refractivity contribution < 1.29 is 61.9 Å². The largest absolute Gasteiger partial charge is 1.00 e. The van der Waals surface area contributed by atoms with Crippen LogP contribution in [0.15, 0.2) is 22.7 Å². The normalized spacial score (nSPS) is 20.9. The number of fused-ring (bicyclic) bond motifs is 2. The summed E-state index contributed by atoms with van der Waals surface area (Å²) in [6.45, 7) is 4.33. The Morgan fingerprint density at radius 3 is 2.45 bits per heavy atom. The van der Waals surface area contributed by atoms with E-state index in [-0.39, 0.29) is 39.4 Å². The third kappa shape index (κ3) is 3.68. The Morgan fingerprint density at radius 2 is 1.80 bits per heavy atom. The Labute approximate surface area is 160 Å². The molecule has 1 heterocycles. The molecule has 6 heteroatoms. The minimum Gasteiger partial charge on any atom is -1.00 e. The Balaban J connectivity index is 0.00000120. The summed E-state index contributed by atoms with van der Waals surface area (Å²) in [6.07, 6.45) is 8.83. The molecular formula is C14H11BrCl3NZr. The zero-order valence-corrected chi connectivity index (χ0v) is 17.2. The third-order valence-corrected chi connectivity index (χ3v) is 4.32. The van der Waals surface area contributed by atoms with E-state index in [9.17, 15) is 0 Å². The Kier molecular flexibility index (Phi) is 7.46. The van der Waals surface area contributed by atoms with E-state index in [0.717, 1.165) is 5.36 Å². The predicted octanol–water partition coefficient (Wildman–Crippen LogP) is -6.55. The molecule has 0 amide bonds. The fourth-order valence-corrected chi connectivity index (χ4v) is 3.22. The number of halogens is 4. The van der Waals surface area contributed by atoms with Gasteiger partial charge in [-0.25, -0.2) is 0 Å². The second-order valence-electron chi connectivity index (χ2n) is 4.59. The van der Waals surface area contributed by atoms with Crippen LogP contribution in [-0.4, -0.2) is 2.16 Å². The topological polar surface area (TPSA) is 12.4 Å². The first-order chi connectivity index (χ1) is 7.96. The van der Waals surface area contributed by atoms with Crippen LogP contribution in [0.5, 0.6) is 0 Å². The van der Waals surface area contributed by atoms with Gasteiger partial charge in [-0.15, -0.1) is 0 Å². The van der Waals surface area contributed by atoms with Gasteiger partial charge in [0.2, 0.25) is 0 Å². The van der Waals surface area contributed by atoms with Gasteiger partial charge in [-0.05, 0) is 0 Å². The van der Waals surface area contributed by atoms with E-state index >= 15 is 0 Å². The van der Waals surface area contributed by atoms with E-state index in [1.165, 1.54) is 52.2 Å². The van der Waals surface area contributed by atoms with Gasteiger partial charge in [-0.3, -0.25) is 0 Å². The van der Waals surface area contributed by atoms with Crippen LogP contribution in [0, 0.1) is 6.92 Å². The molecule has 20 heavy (non-hydrogen) atoms. The minimum atomic E-state index is -0.172. The smallest absolute Gasteiger partial charge is 1.00 e. The molecular weight excluding hydrogens is 460 g/mol. The van der Waals surface area contributed by atoms with E-state index in [2.05, 4.69) is 60.1 Å². The molecule has 1 aliphatic heterocycles. The molecule has 0 aromatic heterocycles. The molecule has 0 fully saturated rings. The molecule has 1 aliphatic carbocycles. The summed E-state index contributed by atoms with van der Waals surface area (Å²) in [5, 5.41) is 2.46. The van der Waals surface area contributed by atoms with Crippen molar-refractivity contribution in [2.75, 3.05) is 0 Å². The molecule has 1 aromatic rings. The van der Waals surface area contributed by atoms with E-state index in [0.29, 0.717) is 0 Å². The van der Waals surface area contributed by atoms with E-state index in [1.807, 2.05) is 0 Å². The summed E-state index contributed by atoms with van der Waals surface area (Å²) < 4.78 is -0.172. The molecule has 3 rings (SSSR count). The van der Waals surface area contributed by atoms with Crippen LogP contribution in [0.1, 0.15) is 23.6 Å². The van der Waals surface area contributed by atoms with Crippen LogP contribution in [0.3, 0.4) is 0 Å². The molecule has 0 saturated heterocycles. The fourth-order valence-electron chi connectivity index (χ4n) is 2.39. The van der Waals surface area contributed by atoms with Gasteiger partial charge in [0.1, 0.15) is 0 Å². The summed E-state index contributed by atoms with van der Waals surface area (Å²) in [4.78, 5) is 4.77. The van der Waals surface area contributed by atoms with Crippen molar-refractivity contribution in [2.45, 2.75) is 16.0 Å². The van der Waals surface area contributed by atoms with E-state index in [4.69, 9.17) is 4.99 Å². The van der Waals surface area contributed by atoms with E-state index in [1.54, 1.807) is 0 Å². The standard InChI is InChI=1S/C14H11BrN.3ClH.Zr/c1-8-5-10-7-13-11(3-4-14(15)16-13)9(2)12(10)6-8;;;;/h3-7H,1-2H3;3*1H;/q;;;;+3/p-3. The van der Waals surface area contributed by atoms with E-state index < -0.39 is 0 Å². The van der Waals surface area contributed by atoms with Gasteiger partial charge in [-0.2, -0.15) is 0 Å². The van der Waals surface area contributed by atoms with Crippen molar-refractivity contribution in [3.05, 3.63) is 45.0 Å². The first-order valence-electron chi connectivity index (χ1n) is 5.53. The monoisotopic (exact) mass is 467 g/mol. The summed E-state index contributed by atoms with van der Waals surface area (Å²) in [6, 6.07) is 2.20. The molecule has 0 N–H and O–H groups in total. The summed E-state index contributed by atoms with van der Waals surface area (Å²) >= 11 is 5.00. The second kappa shape index (κ2) is 7.24. The van der Waals surface area contributed by atoms with Crippen LogP contribution < -0.4 is 47.8 Å². The second-order valence-corrected chi connectivity index (χ2v) is 9.47. The van der Waals surface area contributed by atoms with Crippen LogP contribution in [0.2, 0.25) is 0 Å². The molecule has 0 radical (unpaired) electrons. The minimum absolute atomic E-state index is 0. The fraction of sp³-hybridized carbons (Fsp3) is 0.214. The molecule has 1 unspecified atom stereocenters. The summed E-state index contributed by atoms with van der Waals surface area (Å²) in [5.74, 6) is 0. The summed E-state index contributed by atoms with van der Waals surface area (Å²) in [5.41, 5.74) is 5.23. The van der Waals surface area contributed by atoms with Crippen molar-refractivity contribution in [1.82, 2.24) is 0 Å². The van der Waals surface area contributed by atoms with Gasteiger partial charge in [0, 0.05) is 0 Å². The number of alkyl halides is 1. The maximum atomic E-state index is 4.77. The molecule has 104 valence electrons. The number of rotatable bonds is 0. The van der Waals surface area contributed by atoms with Gasteiger partial charge in [0.05, 0.1) is 0 Å². The number of allylic oxidation sites excluding steroid dienone is 1. The number of hydrogen-bond acceptors (Lipinski definition) is 1.